The van der Waals surface area contributed by atoms with Crippen LogP contribution in [0.15, 0.2) is 67.1 Å². The maximum Gasteiger partial charge on any atom is 0.348 e. The van der Waals surface area contributed by atoms with Crippen molar-refractivity contribution in [1.82, 2.24) is 15.0 Å². The molecule has 3 aromatic heterocycles. The Hall–Kier alpha value is -3.71. The molecule has 0 fully saturated rings. The number of ether oxygens (including phenoxy) is 1. The van der Waals surface area contributed by atoms with Crippen molar-refractivity contribution in [2.45, 2.75) is 19.8 Å². The number of nitrogens with one attached hydrogen (secondary N) is 2. The first kappa shape index (κ1) is 21.2. The summed E-state index contributed by atoms with van der Waals surface area (Å²) in [4.78, 5) is 26.3. The van der Waals surface area contributed by atoms with Gasteiger partial charge >= 0.3 is 5.97 Å². The molecule has 6 nitrogen and oxygen atoms in total. The Morgan fingerprint density at radius 2 is 1.88 bits per heavy atom. The van der Waals surface area contributed by atoms with Crippen LogP contribution in [0.2, 0.25) is 0 Å². The first-order chi connectivity index (χ1) is 16.2. The van der Waals surface area contributed by atoms with Crippen LogP contribution in [0.5, 0.6) is 0 Å². The number of anilines is 1. The number of thiophene rings is 1. The molecule has 0 amide bonds. The number of fused-ring (bicyclic) bond motifs is 2. The van der Waals surface area contributed by atoms with E-state index in [0.717, 1.165) is 45.6 Å². The predicted molar refractivity (Wildman–Crippen MR) is 133 cm³/mol. The number of para-hydroxylation sites is 1. The van der Waals surface area contributed by atoms with Gasteiger partial charge in [-0.2, -0.15) is 0 Å². The summed E-state index contributed by atoms with van der Waals surface area (Å²) < 4.78 is 5.55. The molecule has 0 aliphatic carbocycles. The quantitative estimate of drug-likeness (QED) is 0.300. The number of rotatable bonds is 8. The van der Waals surface area contributed by atoms with E-state index in [0.29, 0.717) is 17.9 Å². The number of carbonyl (C=O) groups excluding carboxylic acids is 1. The fourth-order valence-corrected chi connectivity index (χ4v) is 5.07. The van der Waals surface area contributed by atoms with Gasteiger partial charge in [-0.15, -0.1) is 11.3 Å². The number of carbonyl (C=O) groups is 1. The van der Waals surface area contributed by atoms with Gasteiger partial charge in [0.2, 0.25) is 0 Å². The minimum Gasteiger partial charge on any atom is -0.461 e. The first-order valence-electron chi connectivity index (χ1n) is 10.9. The van der Waals surface area contributed by atoms with Gasteiger partial charge < -0.3 is 15.0 Å². The molecule has 7 heteroatoms. The lowest BCUT2D eigenvalue weighted by molar-refractivity contribution is 0.0514. The minimum absolute atomic E-state index is 0.309. The van der Waals surface area contributed by atoms with Crippen molar-refractivity contribution in [1.29, 1.82) is 0 Å². The van der Waals surface area contributed by atoms with E-state index in [9.17, 15) is 4.79 Å². The summed E-state index contributed by atoms with van der Waals surface area (Å²) in [5.74, 6) is 0.438. The molecular weight excluding hydrogens is 432 g/mol. The summed E-state index contributed by atoms with van der Waals surface area (Å²) >= 11 is 1.35. The Bertz CT molecular complexity index is 1410. The van der Waals surface area contributed by atoms with Gasteiger partial charge in [0.05, 0.1) is 12.0 Å². The second kappa shape index (κ2) is 9.42. The van der Waals surface area contributed by atoms with Crippen LogP contribution in [-0.2, 0) is 17.6 Å². The standard InChI is InChI=1S/C26H24N4O2S/c1-17-22-24(27-13-11-19-15-28-21-10-6-5-9-20(19)21)29-16-30-25(22)33-23(17)26(31)32-14-12-18-7-3-2-4-8-18/h2-10,15-16,28H,11-14H2,1H3,(H,27,29,30). The summed E-state index contributed by atoms with van der Waals surface area (Å²) in [6, 6.07) is 18.3. The zero-order valence-electron chi connectivity index (χ0n) is 18.3. The predicted octanol–water partition coefficient (Wildman–Crippen LogP) is 5.54. The van der Waals surface area contributed by atoms with Crippen LogP contribution in [0.3, 0.4) is 0 Å². The van der Waals surface area contributed by atoms with Gasteiger partial charge in [0, 0.05) is 30.1 Å². The molecule has 0 radical (unpaired) electrons. The summed E-state index contributed by atoms with van der Waals surface area (Å²) in [5, 5.41) is 5.56. The van der Waals surface area contributed by atoms with Gasteiger partial charge in [0.15, 0.2) is 0 Å². The van der Waals surface area contributed by atoms with E-state index >= 15 is 0 Å². The SMILES string of the molecule is Cc1c(C(=O)OCCc2ccccc2)sc2ncnc(NCCc3c[nH]c4ccccc34)c12. The van der Waals surface area contributed by atoms with E-state index in [-0.39, 0.29) is 5.97 Å². The molecule has 33 heavy (non-hydrogen) atoms. The summed E-state index contributed by atoms with van der Waals surface area (Å²) in [7, 11) is 0. The van der Waals surface area contributed by atoms with E-state index < -0.39 is 0 Å². The number of aryl methyl sites for hydroxylation is 1. The molecule has 0 atom stereocenters. The fourth-order valence-electron chi connectivity index (χ4n) is 4.03. The molecule has 3 heterocycles. The first-order valence-corrected chi connectivity index (χ1v) is 11.8. The zero-order chi connectivity index (χ0) is 22.6. The maximum absolute atomic E-state index is 12.7. The molecule has 2 aromatic carbocycles. The topological polar surface area (TPSA) is 79.9 Å². The number of benzene rings is 2. The third-order valence-electron chi connectivity index (χ3n) is 5.74. The minimum atomic E-state index is -0.309. The number of H-pyrrole nitrogens is 1. The molecule has 0 aliphatic rings. The third kappa shape index (κ3) is 4.45. The van der Waals surface area contributed by atoms with Crippen molar-refractivity contribution in [3.8, 4) is 0 Å². The zero-order valence-corrected chi connectivity index (χ0v) is 19.1. The molecule has 166 valence electrons. The average Bonchev–Trinajstić information content (AvgIpc) is 3.41. The van der Waals surface area contributed by atoms with E-state index in [2.05, 4.69) is 44.7 Å². The molecule has 0 spiro atoms. The van der Waals surface area contributed by atoms with E-state index in [1.807, 2.05) is 43.3 Å². The van der Waals surface area contributed by atoms with Crippen LogP contribution in [-0.4, -0.2) is 34.1 Å². The monoisotopic (exact) mass is 456 g/mol. The second-order valence-electron chi connectivity index (χ2n) is 7.87. The highest BCUT2D eigenvalue weighted by Gasteiger charge is 2.20. The van der Waals surface area contributed by atoms with Gasteiger partial charge in [-0.1, -0.05) is 48.5 Å². The lowest BCUT2D eigenvalue weighted by atomic mass is 10.1. The lowest BCUT2D eigenvalue weighted by Crippen LogP contribution is -2.08. The summed E-state index contributed by atoms with van der Waals surface area (Å²) in [6.45, 7) is 3.00. The molecule has 5 rings (SSSR count). The van der Waals surface area contributed by atoms with Crippen LogP contribution < -0.4 is 5.32 Å². The Kier molecular flexibility index (Phi) is 6.04. The Morgan fingerprint density at radius 1 is 1.06 bits per heavy atom. The van der Waals surface area contributed by atoms with Crippen molar-refractivity contribution in [2.24, 2.45) is 0 Å². The Labute approximate surface area is 195 Å². The van der Waals surface area contributed by atoms with Crippen molar-refractivity contribution in [3.63, 3.8) is 0 Å². The maximum atomic E-state index is 12.7. The molecule has 5 aromatic rings. The van der Waals surface area contributed by atoms with Crippen LogP contribution in [0, 0.1) is 6.92 Å². The van der Waals surface area contributed by atoms with E-state index in [1.54, 1.807) is 0 Å². The largest absolute Gasteiger partial charge is 0.461 e. The van der Waals surface area contributed by atoms with Gasteiger partial charge in [-0.05, 0) is 36.1 Å². The normalized spacial score (nSPS) is 11.2. The number of hydrogen-bond acceptors (Lipinski definition) is 6. The smallest absolute Gasteiger partial charge is 0.348 e. The Morgan fingerprint density at radius 3 is 2.76 bits per heavy atom. The summed E-state index contributed by atoms with van der Waals surface area (Å²) in [5.41, 5.74) is 4.40. The van der Waals surface area contributed by atoms with Gasteiger partial charge in [0.25, 0.3) is 0 Å². The molecule has 0 saturated carbocycles. The number of nitrogens with zero attached hydrogens (tertiary/aromatic N) is 2. The van der Waals surface area contributed by atoms with Crippen molar-refractivity contribution in [3.05, 3.63) is 88.7 Å². The van der Waals surface area contributed by atoms with Crippen LogP contribution in [0.1, 0.15) is 26.4 Å². The highest BCUT2D eigenvalue weighted by Crippen LogP contribution is 2.33. The van der Waals surface area contributed by atoms with Crippen LogP contribution >= 0.6 is 11.3 Å². The van der Waals surface area contributed by atoms with Gasteiger partial charge in [0.1, 0.15) is 21.9 Å². The highest BCUT2D eigenvalue weighted by atomic mass is 32.1. The molecular formula is C26H24N4O2S. The molecule has 0 aliphatic heterocycles. The van der Waals surface area contributed by atoms with E-state index in [4.69, 9.17) is 4.74 Å². The highest BCUT2D eigenvalue weighted by molar-refractivity contribution is 7.20. The van der Waals surface area contributed by atoms with Gasteiger partial charge in [-0.3, -0.25) is 0 Å². The van der Waals surface area contributed by atoms with Crippen molar-refractivity contribution >= 4 is 44.2 Å². The van der Waals surface area contributed by atoms with E-state index in [1.165, 1.54) is 28.6 Å². The van der Waals surface area contributed by atoms with Crippen LogP contribution in [0.25, 0.3) is 21.1 Å². The van der Waals surface area contributed by atoms with Crippen LogP contribution in [0.4, 0.5) is 5.82 Å². The lowest BCUT2D eigenvalue weighted by Gasteiger charge is -2.07. The Balaban J connectivity index is 1.27. The number of hydrogen-bond donors (Lipinski definition) is 2. The molecule has 0 bridgehead atoms. The molecule has 0 saturated heterocycles. The second-order valence-corrected chi connectivity index (χ2v) is 8.87. The number of aromatic nitrogens is 3. The molecule has 2 N–H and O–H groups in total. The molecule has 0 unspecified atom stereocenters. The average molecular weight is 457 g/mol. The van der Waals surface area contributed by atoms with Gasteiger partial charge in [-0.25, -0.2) is 14.8 Å². The number of esters is 1. The van der Waals surface area contributed by atoms with Crippen molar-refractivity contribution < 1.29 is 9.53 Å². The summed E-state index contributed by atoms with van der Waals surface area (Å²) in [6.07, 6.45) is 5.14. The van der Waals surface area contributed by atoms with Crippen molar-refractivity contribution in [2.75, 3.05) is 18.5 Å². The number of aromatic amines is 1. The third-order valence-corrected chi connectivity index (χ3v) is 6.92. The fraction of sp³-hybridized carbons (Fsp3) is 0.192.